The van der Waals surface area contributed by atoms with Crippen LogP contribution in [0.3, 0.4) is 0 Å². The van der Waals surface area contributed by atoms with E-state index in [2.05, 4.69) is 47.9 Å². The second-order valence-electron chi connectivity index (χ2n) is 24.9. The first-order valence-corrected chi connectivity index (χ1v) is 32.2. The molecule has 6 fully saturated rings. The molecule has 0 radical (unpaired) electrons. The third-order valence-corrected chi connectivity index (χ3v) is 18.1. The summed E-state index contributed by atoms with van der Waals surface area (Å²) in [5.74, 6) is -8.80. The molecule has 27 atom stereocenters. The van der Waals surface area contributed by atoms with Gasteiger partial charge in [-0.05, 0) is 29.7 Å². The normalized spacial score (nSPS) is 37.6. The molecule has 0 aromatic heterocycles. The van der Waals surface area contributed by atoms with E-state index >= 15 is 9.59 Å². The van der Waals surface area contributed by atoms with Gasteiger partial charge in [-0.15, -0.1) is 0 Å². The lowest BCUT2D eigenvalue weighted by molar-refractivity contribution is -0.352. The van der Waals surface area contributed by atoms with Gasteiger partial charge >= 0.3 is 5.97 Å². The highest BCUT2D eigenvalue weighted by atomic mass is 16.7. The Bertz CT molecular complexity index is 2970. The Morgan fingerprint density at radius 3 is 1.89 bits per heavy atom. The van der Waals surface area contributed by atoms with E-state index in [-0.39, 0.29) is 30.8 Å². The minimum Gasteiger partial charge on any atom is -0.463 e. The van der Waals surface area contributed by atoms with Crippen LogP contribution in [0.4, 0.5) is 0 Å². The molecule has 6 aliphatic rings. The molecule has 2 aromatic rings. The summed E-state index contributed by atoms with van der Waals surface area (Å²) < 4.78 is 34.2. The van der Waals surface area contributed by atoms with Crippen LogP contribution in [-0.4, -0.2) is 318 Å². The lowest BCUT2D eigenvalue weighted by Crippen LogP contribution is -2.70. The number of carbonyl (C=O) groups excluding carboxylic acids is 7. The van der Waals surface area contributed by atoms with Crippen molar-refractivity contribution in [3.05, 3.63) is 65.7 Å². The molecule has 8 rings (SSSR count). The monoisotopic (exact) mass is 1400 g/mol. The van der Waals surface area contributed by atoms with Gasteiger partial charge in [0.25, 0.3) is 0 Å². The number of nitrogens with zero attached hydrogens (tertiary/aromatic N) is 1. The van der Waals surface area contributed by atoms with Gasteiger partial charge in [0, 0.05) is 31.8 Å². The van der Waals surface area contributed by atoms with Crippen LogP contribution in [0.1, 0.15) is 56.6 Å². The Hall–Kier alpha value is -6.39. The number of esters is 1. The van der Waals surface area contributed by atoms with Crippen molar-refractivity contribution in [2.75, 3.05) is 46.1 Å². The van der Waals surface area contributed by atoms with Crippen molar-refractivity contribution in [3.63, 3.8) is 0 Å². The number of unbranched alkanes of at least 4 members (excludes halogenated alkanes) is 2. The van der Waals surface area contributed by atoms with Crippen LogP contribution < -0.4 is 64.1 Å². The summed E-state index contributed by atoms with van der Waals surface area (Å²) in [6, 6.07) is 1.18. The van der Waals surface area contributed by atoms with Crippen LogP contribution in [0.15, 0.2) is 54.6 Å². The largest absolute Gasteiger partial charge is 0.463 e. The molecule has 26 N–H and O–H groups in total. The summed E-state index contributed by atoms with van der Waals surface area (Å²) in [5.41, 5.74) is 13.1. The van der Waals surface area contributed by atoms with Crippen LogP contribution in [0, 0.1) is 0 Å². The van der Waals surface area contributed by atoms with Crippen molar-refractivity contribution < 1.29 is 128 Å². The number of rotatable bonds is 22. The molecule has 38 nitrogen and oxygen atoms in total. The van der Waals surface area contributed by atoms with Gasteiger partial charge in [0.05, 0.1) is 44.6 Å². The first-order chi connectivity index (χ1) is 46.7. The highest BCUT2D eigenvalue weighted by Crippen LogP contribution is 2.33. The molecule has 548 valence electrons. The Morgan fingerprint density at radius 1 is 0.622 bits per heavy atom. The zero-order chi connectivity index (χ0) is 71.4. The number of aliphatic hydroxyl groups excluding tert-OH is 13. The summed E-state index contributed by atoms with van der Waals surface area (Å²) in [5, 5.41) is 166. The minimum absolute atomic E-state index is 0.0712. The lowest BCUT2D eigenvalue weighted by Gasteiger charge is -2.47. The predicted molar refractivity (Wildman–Crippen MR) is 330 cm³/mol. The summed E-state index contributed by atoms with van der Waals surface area (Å²) in [7, 11) is 0. The topological polar surface area (TPSA) is 601 Å². The van der Waals surface area contributed by atoms with Crippen molar-refractivity contribution in [2.45, 2.75) is 211 Å². The summed E-state index contributed by atoms with van der Waals surface area (Å²) in [6.07, 6.45) is -31.8. The van der Waals surface area contributed by atoms with E-state index in [9.17, 15) is 90.4 Å². The van der Waals surface area contributed by atoms with Crippen molar-refractivity contribution >= 4 is 41.4 Å². The Balaban J connectivity index is 1.07. The zero-order valence-corrected chi connectivity index (χ0v) is 53.5. The summed E-state index contributed by atoms with van der Waals surface area (Å²) in [4.78, 5) is 101. The number of benzene rings is 2. The molecule has 6 amide bonds. The number of hydrogen-bond acceptors (Lipinski definition) is 32. The molecule has 6 aliphatic heterocycles. The second-order valence-corrected chi connectivity index (χ2v) is 24.9. The average molecular weight is 1400 g/mol. The van der Waals surface area contributed by atoms with Crippen molar-refractivity contribution in [3.8, 4) is 5.75 Å². The summed E-state index contributed by atoms with van der Waals surface area (Å²) >= 11 is 0. The molecule has 6 saturated heterocycles. The molecular formula is C60H92N12O26. The Morgan fingerprint density at radius 2 is 1.23 bits per heavy atom. The van der Waals surface area contributed by atoms with Crippen LogP contribution in [0.25, 0.3) is 0 Å². The van der Waals surface area contributed by atoms with E-state index in [1.165, 1.54) is 24.3 Å². The fraction of sp³-hybridized carbons (Fsp3) is 0.683. The molecule has 0 bridgehead atoms. The van der Waals surface area contributed by atoms with Crippen LogP contribution in [-0.2, 0) is 63.7 Å². The average Bonchev–Trinajstić information content (AvgIpc) is 1.43. The third-order valence-electron chi connectivity index (χ3n) is 18.1. The number of hydrogen-bond donors (Lipinski definition) is 24. The van der Waals surface area contributed by atoms with Gasteiger partial charge in [0.15, 0.2) is 6.29 Å². The lowest BCUT2D eigenvalue weighted by atomic mass is 9.92. The molecule has 98 heavy (non-hydrogen) atoms. The second kappa shape index (κ2) is 35.3. The highest BCUT2D eigenvalue weighted by molar-refractivity contribution is 5.98. The maximum atomic E-state index is 15.2. The van der Waals surface area contributed by atoms with E-state index < -0.39 is 246 Å². The first-order valence-electron chi connectivity index (χ1n) is 32.2. The molecule has 6 heterocycles. The van der Waals surface area contributed by atoms with E-state index in [1.807, 2.05) is 6.92 Å². The van der Waals surface area contributed by atoms with Gasteiger partial charge in [-0.3, -0.25) is 49.5 Å². The maximum absolute atomic E-state index is 15.2. The van der Waals surface area contributed by atoms with Gasteiger partial charge in [-0.1, -0.05) is 69.2 Å². The molecule has 0 saturated carbocycles. The third kappa shape index (κ3) is 18.6. The fourth-order valence-electron chi connectivity index (χ4n) is 12.3. The molecule has 2 unspecified atom stereocenters. The number of carbonyl (C=O) groups is 7. The minimum atomic E-state index is -2.31. The van der Waals surface area contributed by atoms with Crippen molar-refractivity contribution in [2.24, 2.45) is 11.5 Å². The van der Waals surface area contributed by atoms with Crippen molar-refractivity contribution in [1.29, 1.82) is 0 Å². The van der Waals surface area contributed by atoms with Gasteiger partial charge < -0.3 is 138 Å². The number of amides is 6. The molecule has 0 aliphatic carbocycles. The molecule has 38 heteroatoms. The van der Waals surface area contributed by atoms with Crippen LogP contribution in [0.2, 0.25) is 0 Å². The van der Waals surface area contributed by atoms with Crippen LogP contribution in [0.5, 0.6) is 5.75 Å². The van der Waals surface area contributed by atoms with E-state index in [0.29, 0.717) is 12.0 Å². The molecule has 0 spiro atoms. The molecular weight excluding hydrogens is 1300 g/mol. The quantitative estimate of drug-likeness (QED) is 0.0384. The standard InChI is InChI=1S/C60H92N12O26/c1-3-4-6-11-36(77)93-23-34-43(81)45(83)48(86)58(97-34)98-50-33(22-75)96-57(49(87)46(50)84)94-27-14-12-25(13-15-27)16-28-52(89)70-38(40(78)29-17-64-59(61)68-29)55(92)71-39(41(79)31-18-65-60(62)72(31)56-47(85)44(82)42(80)32(21-74)95-56)54(91)67-30(20-73)51(88)63-19-35(76)69-37(53(90)66-28)24(2)26-9-7-5-8-10-26/h5,7-10,12-15,24,28-34,37-50,56-60,64-65,68,73-75,78-87H,3-4,6,11,16-23,61-62H2,1-2H3,(H,63,88)(H,66,90)(H,67,91)(H,69,76)(H,70,89)(H,71,92)/t24-,28+,29-,30-,31-,32+,33+,34+,37-,38-,39+,40-,41-,42+,43+,44-,45-,46+,47-,48-,49-,50+,56-,57-,58+,59?,60?/m0/s1. The number of nitrogens with two attached hydrogens (primary N) is 2. The number of ether oxygens (including phenoxy) is 6. The van der Waals surface area contributed by atoms with E-state index in [4.69, 9.17) is 39.9 Å². The van der Waals surface area contributed by atoms with Gasteiger partial charge in [-0.2, -0.15) is 0 Å². The van der Waals surface area contributed by atoms with Gasteiger partial charge in [-0.25, -0.2) is 4.90 Å². The van der Waals surface area contributed by atoms with Gasteiger partial charge in [0.1, 0.15) is 141 Å². The summed E-state index contributed by atoms with van der Waals surface area (Å²) in [6.45, 7) is -1.41. The SMILES string of the molecule is CCCCCC(=O)OC[C@H]1O[C@H](O[C@H]2[C@H](O)[C@H](O)[C@@H](Oc3ccc(C[C@H]4NC(=O)[C@H]([C@@H](C)c5ccccc5)NC(=O)CNC(=O)[C@H](CO)NC(=O)[C@@H]([C@@H](O)[C@@H]5CNC(N)N5[C@H]5O[C@H](CO)[C@@H](O)[C@H](O)[C@@H]5O)NC(=O)[C@H]([C@@H](O)[C@@H]5CNC(N)N5)NC4=O)cc3)O[C@@H]2CO)[C@@H](O)[C@@H](O)[C@@H]1O. The number of nitrogens with one attached hydrogen (secondary N) is 9. The first kappa shape index (κ1) is 77.3. The predicted octanol–water partition coefficient (Wildman–Crippen LogP) is -12.4. The van der Waals surface area contributed by atoms with E-state index in [0.717, 1.165) is 17.7 Å². The van der Waals surface area contributed by atoms with E-state index in [1.54, 1.807) is 37.3 Å². The number of aliphatic hydroxyl groups is 13. The zero-order valence-electron chi connectivity index (χ0n) is 53.5. The Labute approximate surface area is 560 Å². The van der Waals surface area contributed by atoms with Crippen LogP contribution >= 0.6 is 0 Å². The Kier molecular flexibility index (Phi) is 27.8. The van der Waals surface area contributed by atoms with Gasteiger partial charge in [0.2, 0.25) is 41.7 Å². The maximum Gasteiger partial charge on any atom is 0.305 e. The van der Waals surface area contributed by atoms with Crippen molar-refractivity contribution in [1.82, 2.24) is 52.8 Å². The molecule has 2 aromatic carbocycles. The smallest absolute Gasteiger partial charge is 0.305 e. The highest BCUT2D eigenvalue weighted by Gasteiger charge is 2.55. The fourth-order valence-corrected chi connectivity index (χ4v) is 12.3.